The Hall–Kier alpha value is -1.42. The monoisotopic (exact) mass is 263 g/mol. The second kappa shape index (κ2) is 5.29. The molecule has 2 aliphatic rings. The number of amides is 1. The van der Waals surface area contributed by atoms with Gasteiger partial charge in [-0.05, 0) is 31.0 Å². The summed E-state index contributed by atoms with van der Waals surface area (Å²) in [5.74, 6) is -0.431. The van der Waals surface area contributed by atoms with Crippen molar-refractivity contribution in [2.45, 2.75) is 37.8 Å². The SMILES string of the molecule is O=C(c1cccc(F)c1)N1CCO[C@@H]2CCCC[C@@H]21. The summed E-state index contributed by atoms with van der Waals surface area (Å²) in [4.78, 5) is 14.4. The van der Waals surface area contributed by atoms with Gasteiger partial charge in [-0.1, -0.05) is 18.9 Å². The highest BCUT2D eigenvalue weighted by atomic mass is 19.1. The molecular weight excluding hydrogens is 245 g/mol. The van der Waals surface area contributed by atoms with Crippen molar-refractivity contribution in [3.63, 3.8) is 0 Å². The van der Waals surface area contributed by atoms with Crippen LogP contribution in [0.2, 0.25) is 0 Å². The fraction of sp³-hybridized carbons (Fsp3) is 0.533. The molecule has 3 nitrogen and oxygen atoms in total. The van der Waals surface area contributed by atoms with E-state index in [1.807, 2.05) is 4.90 Å². The molecule has 0 bridgehead atoms. The fourth-order valence-corrected chi connectivity index (χ4v) is 3.14. The molecule has 4 heteroatoms. The normalized spacial score (nSPS) is 26.9. The lowest BCUT2D eigenvalue weighted by Gasteiger charge is -2.43. The molecule has 1 aliphatic carbocycles. The summed E-state index contributed by atoms with van der Waals surface area (Å²) in [5.41, 5.74) is 0.436. The maximum atomic E-state index is 13.2. The van der Waals surface area contributed by atoms with Crippen LogP contribution in [0.15, 0.2) is 24.3 Å². The van der Waals surface area contributed by atoms with Crippen LogP contribution < -0.4 is 0 Å². The topological polar surface area (TPSA) is 29.5 Å². The van der Waals surface area contributed by atoms with Crippen LogP contribution >= 0.6 is 0 Å². The number of carbonyl (C=O) groups is 1. The average molecular weight is 263 g/mol. The van der Waals surface area contributed by atoms with E-state index in [1.165, 1.54) is 18.6 Å². The predicted molar refractivity (Wildman–Crippen MR) is 69.4 cm³/mol. The van der Waals surface area contributed by atoms with Gasteiger partial charge in [0.2, 0.25) is 0 Å². The quantitative estimate of drug-likeness (QED) is 0.779. The summed E-state index contributed by atoms with van der Waals surface area (Å²) in [6.45, 7) is 1.19. The third-order valence-corrected chi connectivity index (χ3v) is 4.06. The van der Waals surface area contributed by atoms with Crippen LogP contribution in [0.3, 0.4) is 0 Å². The zero-order chi connectivity index (χ0) is 13.2. The van der Waals surface area contributed by atoms with E-state index in [2.05, 4.69) is 0 Å². The largest absolute Gasteiger partial charge is 0.374 e. The minimum absolute atomic E-state index is 0.0697. The van der Waals surface area contributed by atoms with Crippen molar-refractivity contribution in [1.29, 1.82) is 0 Å². The van der Waals surface area contributed by atoms with Crippen LogP contribution in [0.25, 0.3) is 0 Å². The summed E-state index contributed by atoms with van der Waals surface area (Å²) in [6, 6.07) is 6.10. The number of nitrogens with zero attached hydrogens (tertiary/aromatic N) is 1. The first-order valence-corrected chi connectivity index (χ1v) is 6.94. The molecule has 1 heterocycles. The Morgan fingerprint density at radius 1 is 1.32 bits per heavy atom. The minimum atomic E-state index is -0.362. The minimum Gasteiger partial charge on any atom is -0.374 e. The maximum Gasteiger partial charge on any atom is 0.254 e. The van der Waals surface area contributed by atoms with Gasteiger partial charge in [0.05, 0.1) is 18.8 Å². The molecule has 3 rings (SSSR count). The first-order chi connectivity index (χ1) is 9.25. The lowest BCUT2D eigenvalue weighted by molar-refractivity contribution is -0.0752. The number of fused-ring (bicyclic) bond motifs is 1. The van der Waals surface area contributed by atoms with Crippen molar-refractivity contribution in [2.75, 3.05) is 13.2 Å². The van der Waals surface area contributed by atoms with Crippen LogP contribution in [0.4, 0.5) is 4.39 Å². The average Bonchev–Trinajstić information content (AvgIpc) is 2.46. The molecule has 2 fully saturated rings. The fourth-order valence-electron chi connectivity index (χ4n) is 3.14. The van der Waals surface area contributed by atoms with E-state index < -0.39 is 0 Å². The molecule has 1 amide bonds. The maximum absolute atomic E-state index is 13.2. The zero-order valence-electron chi connectivity index (χ0n) is 10.8. The number of hydrogen-bond donors (Lipinski definition) is 0. The van der Waals surface area contributed by atoms with Crippen molar-refractivity contribution in [3.8, 4) is 0 Å². The van der Waals surface area contributed by atoms with Crippen molar-refractivity contribution < 1.29 is 13.9 Å². The molecule has 1 aromatic carbocycles. The molecule has 19 heavy (non-hydrogen) atoms. The van der Waals surface area contributed by atoms with Gasteiger partial charge < -0.3 is 9.64 Å². The first kappa shape index (κ1) is 12.6. The second-order valence-corrected chi connectivity index (χ2v) is 5.27. The summed E-state index contributed by atoms with van der Waals surface area (Å²) in [5, 5.41) is 0. The van der Waals surface area contributed by atoms with Gasteiger partial charge in [0, 0.05) is 12.1 Å². The summed E-state index contributed by atoms with van der Waals surface area (Å²) < 4.78 is 19.0. The van der Waals surface area contributed by atoms with Gasteiger partial charge in [-0.15, -0.1) is 0 Å². The summed E-state index contributed by atoms with van der Waals surface area (Å²) in [6.07, 6.45) is 4.49. The van der Waals surface area contributed by atoms with E-state index in [0.717, 1.165) is 19.3 Å². The number of morpholine rings is 1. The van der Waals surface area contributed by atoms with Gasteiger partial charge in [-0.3, -0.25) is 4.79 Å². The Kier molecular flexibility index (Phi) is 3.51. The molecule has 0 aromatic heterocycles. The molecular formula is C15H18FNO2. The Balaban J connectivity index is 1.82. The Morgan fingerprint density at radius 2 is 2.16 bits per heavy atom. The van der Waals surface area contributed by atoms with E-state index in [1.54, 1.807) is 12.1 Å². The van der Waals surface area contributed by atoms with Crippen LogP contribution in [-0.4, -0.2) is 36.1 Å². The molecule has 1 saturated carbocycles. The molecule has 1 aliphatic heterocycles. The Morgan fingerprint density at radius 3 is 3.00 bits per heavy atom. The van der Waals surface area contributed by atoms with Gasteiger partial charge in [0.25, 0.3) is 5.91 Å². The van der Waals surface area contributed by atoms with Crippen molar-refractivity contribution in [3.05, 3.63) is 35.6 Å². The van der Waals surface area contributed by atoms with E-state index in [9.17, 15) is 9.18 Å². The molecule has 0 unspecified atom stereocenters. The third-order valence-electron chi connectivity index (χ3n) is 4.06. The van der Waals surface area contributed by atoms with E-state index >= 15 is 0 Å². The standard InChI is InChI=1S/C15H18FNO2/c16-12-5-3-4-11(10-12)15(18)17-8-9-19-14-7-2-1-6-13(14)17/h3-5,10,13-14H,1-2,6-9H2/t13-,14+/m0/s1. The number of benzene rings is 1. The van der Waals surface area contributed by atoms with Crippen molar-refractivity contribution >= 4 is 5.91 Å². The highest BCUT2D eigenvalue weighted by molar-refractivity contribution is 5.94. The number of carbonyl (C=O) groups excluding carboxylic acids is 1. The molecule has 0 radical (unpaired) electrons. The Bertz CT molecular complexity index is 475. The molecule has 0 spiro atoms. The first-order valence-electron chi connectivity index (χ1n) is 6.94. The number of rotatable bonds is 1. The zero-order valence-corrected chi connectivity index (χ0v) is 10.8. The van der Waals surface area contributed by atoms with E-state index in [4.69, 9.17) is 4.74 Å². The molecule has 0 N–H and O–H groups in total. The summed E-state index contributed by atoms with van der Waals surface area (Å²) in [7, 11) is 0. The van der Waals surface area contributed by atoms with E-state index in [-0.39, 0.29) is 23.9 Å². The summed E-state index contributed by atoms with van der Waals surface area (Å²) >= 11 is 0. The molecule has 1 saturated heterocycles. The van der Waals surface area contributed by atoms with Crippen molar-refractivity contribution in [1.82, 2.24) is 4.90 Å². The van der Waals surface area contributed by atoms with Crippen LogP contribution in [-0.2, 0) is 4.74 Å². The number of ether oxygens (including phenoxy) is 1. The highest BCUT2D eigenvalue weighted by Gasteiger charge is 2.36. The molecule has 2 atom stereocenters. The van der Waals surface area contributed by atoms with Gasteiger partial charge in [0.15, 0.2) is 0 Å². The van der Waals surface area contributed by atoms with Crippen LogP contribution in [0.1, 0.15) is 36.0 Å². The van der Waals surface area contributed by atoms with Crippen LogP contribution in [0, 0.1) is 5.82 Å². The second-order valence-electron chi connectivity index (χ2n) is 5.27. The lowest BCUT2D eigenvalue weighted by Crippen LogP contribution is -2.54. The van der Waals surface area contributed by atoms with Gasteiger partial charge >= 0.3 is 0 Å². The van der Waals surface area contributed by atoms with Gasteiger partial charge in [-0.2, -0.15) is 0 Å². The van der Waals surface area contributed by atoms with Crippen LogP contribution in [0.5, 0.6) is 0 Å². The Labute approximate surface area is 112 Å². The lowest BCUT2D eigenvalue weighted by atomic mass is 9.89. The highest BCUT2D eigenvalue weighted by Crippen LogP contribution is 2.29. The van der Waals surface area contributed by atoms with Gasteiger partial charge in [-0.25, -0.2) is 4.39 Å². The number of halogens is 1. The smallest absolute Gasteiger partial charge is 0.254 e. The van der Waals surface area contributed by atoms with Crippen molar-refractivity contribution in [2.24, 2.45) is 0 Å². The third kappa shape index (κ3) is 2.50. The van der Waals surface area contributed by atoms with E-state index in [0.29, 0.717) is 18.7 Å². The number of hydrogen-bond acceptors (Lipinski definition) is 2. The molecule has 102 valence electrons. The molecule has 1 aromatic rings. The predicted octanol–water partition coefficient (Wildman–Crippen LogP) is 2.61. The van der Waals surface area contributed by atoms with Gasteiger partial charge in [0.1, 0.15) is 5.82 Å².